The van der Waals surface area contributed by atoms with Crippen LogP contribution in [0.2, 0.25) is 0 Å². The van der Waals surface area contributed by atoms with Gasteiger partial charge in [-0.15, -0.1) is 11.3 Å². The van der Waals surface area contributed by atoms with E-state index in [1.165, 1.54) is 15.6 Å². The predicted molar refractivity (Wildman–Crippen MR) is 81.8 cm³/mol. The van der Waals surface area contributed by atoms with Crippen molar-refractivity contribution in [3.63, 3.8) is 0 Å². The van der Waals surface area contributed by atoms with Crippen LogP contribution in [0.1, 0.15) is 16.1 Å². The smallest absolute Gasteiger partial charge is 0.218 e. The lowest BCUT2D eigenvalue weighted by Gasteiger charge is -2.16. The Morgan fingerprint density at radius 2 is 2.15 bits per heavy atom. The fourth-order valence-electron chi connectivity index (χ4n) is 1.78. The largest absolute Gasteiger partial charge is 0.399 e. The predicted octanol–water partition coefficient (Wildman–Crippen LogP) is 2.00. The highest BCUT2D eigenvalue weighted by Gasteiger charge is 2.20. The average molecular weight is 311 g/mol. The number of hydrogen-bond donors (Lipinski definition) is 1. The first-order chi connectivity index (χ1) is 9.38. The molecule has 0 amide bonds. The summed E-state index contributed by atoms with van der Waals surface area (Å²) < 4.78 is 26.0. The minimum atomic E-state index is -3.37. The van der Waals surface area contributed by atoms with Crippen LogP contribution >= 0.6 is 11.3 Å². The van der Waals surface area contributed by atoms with Gasteiger partial charge in [0.2, 0.25) is 10.0 Å². The van der Waals surface area contributed by atoms with Crippen LogP contribution in [0.15, 0.2) is 29.8 Å². The first kappa shape index (κ1) is 15.0. The third-order valence-corrected chi connectivity index (χ3v) is 5.68. The van der Waals surface area contributed by atoms with E-state index in [1.54, 1.807) is 36.8 Å². The maximum Gasteiger partial charge on any atom is 0.218 e. The Balaban J connectivity index is 2.12. The molecule has 2 aromatic rings. The second kappa shape index (κ2) is 5.90. The maximum atomic E-state index is 12.3. The molecule has 0 saturated heterocycles. The molecule has 0 aliphatic heterocycles. The molecule has 108 valence electrons. The van der Waals surface area contributed by atoms with E-state index in [9.17, 15) is 8.42 Å². The highest BCUT2D eigenvalue weighted by molar-refractivity contribution is 7.88. The van der Waals surface area contributed by atoms with Gasteiger partial charge in [-0.2, -0.15) is 4.31 Å². The fourth-order valence-corrected chi connectivity index (χ4v) is 3.84. The van der Waals surface area contributed by atoms with E-state index >= 15 is 0 Å². The molecule has 0 radical (unpaired) electrons. The zero-order valence-corrected chi connectivity index (χ0v) is 13.0. The van der Waals surface area contributed by atoms with Crippen molar-refractivity contribution in [1.29, 1.82) is 0 Å². The first-order valence-electron chi connectivity index (χ1n) is 6.06. The van der Waals surface area contributed by atoms with Gasteiger partial charge in [-0.1, -0.05) is 12.1 Å². The van der Waals surface area contributed by atoms with Crippen LogP contribution in [-0.4, -0.2) is 24.8 Å². The lowest BCUT2D eigenvalue weighted by Crippen LogP contribution is -2.27. The molecular weight excluding hydrogens is 294 g/mol. The van der Waals surface area contributed by atoms with E-state index in [0.29, 0.717) is 17.8 Å². The number of nitrogens with two attached hydrogens (primary N) is 1. The van der Waals surface area contributed by atoms with Crippen LogP contribution in [0.3, 0.4) is 0 Å². The van der Waals surface area contributed by atoms with Crippen LogP contribution in [0.4, 0.5) is 5.69 Å². The Morgan fingerprint density at radius 3 is 2.75 bits per heavy atom. The molecule has 1 aromatic heterocycles. The van der Waals surface area contributed by atoms with Gasteiger partial charge >= 0.3 is 0 Å². The Bertz CT molecular complexity index is 695. The van der Waals surface area contributed by atoms with Gasteiger partial charge in [-0.25, -0.2) is 13.4 Å². The molecule has 0 aliphatic carbocycles. The van der Waals surface area contributed by atoms with E-state index in [0.717, 1.165) is 10.6 Å². The van der Waals surface area contributed by atoms with Gasteiger partial charge in [0, 0.05) is 24.2 Å². The summed E-state index contributed by atoms with van der Waals surface area (Å²) in [6.45, 7) is 2.23. The van der Waals surface area contributed by atoms with Gasteiger partial charge in [0.15, 0.2) is 0 Å². The lowest BCUT2D eigenvalue weighted by atomic mass is 10.2. The molecular formula is C13H17N3O2S2. The zero-order valence-electron chi connectivity index (χ0n) is 11.4. The van der Waals surface area contributed by atoms with Crippen LogP contribution in [0, 0.1) is 6.92 Å². The third-order valence-electron chi connectivity index (χ3n) is 2.99. The number of nitrogens with zero attached hydrogens (tertiary/aromatic N) is 2. The number of rotatable bonds is 5. The molecule has 0 aliphatic rings. The number of sulfonamides is 1. The second-order valence-corrected chi connectivity index (χ2v) is 7.63. The molecule has 0 atom stereocenters. The van der Waals surface area contributed by atoms with E-state index in [4.69, 9.17) is 5.73 Å². The molecule has 2 rings (SSSR count). The van der Waals surface area contributed by atoms with Crippen molar-refractivity contribution in [3.8, 4) is 0 Å². The Kier molecular flexibility index (Phi) is 4.42. The summed E-state index contributed by atoms with van der Waals surface area (Å²) in [5.74, 6) is -0.0492. The Morgan fingerprint density at radius 1 is 1.40 bits per heavy atom. The number of aromatic nitrogens is 1. The zero-order chi connectivity index (χ0) is 14.8. The molecule has 20 heavy (non-hydrogen) atoms. The quantitative estimate of drug-likeness (QED) is 0.857. The molecule has 0 unspecified atom stereocenters. The Hall–Kier alpha value is -1.44. The van der Waals surface area contributed by atoms with Crippen LogP contribution < -0.4 is 5.73 Å². The molecule has 0 saturated carbocycles. The monoisotopic (exact) mass is 311 g/mol. The van der Waals surface area contributed by atoms with Gasteiger partial charge < -0.3 is 5.73 Å². The molecule has 2 N–H and O–H groups in total. The lowest BCUT2D eigenvalue weighted by molar-refractivity contribution is 0.468. The minimum absolute atomic E-state index is 0.0492. The molecule has 0 spiro atoms. The van der Waals surface area contributed by atoms with Crippen molar-refractivity contribution < 1.29 is 8.42 Å². The third kappa shape index (κ3) is 3.56. The minimum Gasteiger partial charge on any atom is -0.399 e. The normalized spacial score (nSPS) is 11.9. The Labute approximate surface area is 123 Å². The van der Waals surface area contributed by atoms with Gasteiger partial charge in [0.05, 0.1) is 17.0 Å². The number of hydrogen-bond acceptors (Lipinski definition) is 5. The van der Waals surface area contributed by atoms with Gasteiger partial charge in [-0.3, -0.25) is 0 Å². The van der Waals surface area contributed by atoms with Crippen molar-refractivity contribution in [3.05, 3.63) is 45.9 Å². The molecule has 1 aromatic carbocycles. The number of thiazole rings is 1. The molecule has 0 bridgehead atoms. The highest BCUT2D eigenvalue weighted by atomic mass is 32.2. The van der Waals surface area contributed by atoms with Crippen LogP contribution in [-0.2, 0) is 22.3 Å². The summed E-state index contributed by atoms with van der Waals surface area (Å²) in [6.07, 6.45) is 0. The van der Waals surface area contributed by atoms with E-state index in [2.05, 4.69) is 4.98 Å². The van der Waals surface area contributed by atoms with Crippen molar-refractivity contribution in [1.82, 2.24) is 9.29 Å². The van der Waals surface area contributed by atoms with E-state index in [1.807, 2.05) is 6.92 Å². The van der Waals surface area contributed by atoms with E-state index < -0.39 is 10.0 Å². The summed E-state index contributed by atoms with van der Waals surface area (Å²) in [5, 5.41) is 0. The van der Waals surface area contributed by atoms with Gasteiger partial charge in [0.1, 0.15) is 0 Å². The topological polar surface area (TPSA) is 76.3 Å². The summed E-state index contributed by atoms with van der Waals surface area (Å²) in [7, 11) is -1.78. The van der Waals surface area contributed by atoms with Crippen LogP contribution in [0.25, 0.3) is 0 Å². The fraction of sp³-hybridized carbons (Fsp3) is 0.308. The van der Waals surface area contributed by atoms with Crippen molar-refractivity contribution in [2.45, 2.75) is 19.2 Å². The molecule has 7 heteroatoms. The van der Waals surface area contributed by atoms with E-state index in [-0.39, 0.29) is 5.75 Å². The van der Waals surface area contributed by atoms with Crippen LogP contribution in [0.5, 0.6) is 0 Å². The summed E-state index contributed by atoms with van der Waals surface area (Å²) in [6, 6.07) is 6.94. The SMILES string of the molecule is Cc1ncsc1CN(C)S(=O)(=O)Cc1cccc(N)c1. The maximum absolute atomic E-state index is 12.3. The number of aryl methyl sites for hydroxylation is 1. The van der Waals surface area contributed by atoms with Gasteiger partial charge in [-0.05, 0) is 24.6 Å². The first-order valence-corrected chi connectivity index (χ1v) is 8.55. The number of nitrogen functional groups attached to an aromatic ring is 1. The summed E-state index contributed by atoms with van der Waals surface area (Å²) in [5.41, 5.74) is 9.53. The second-order valence-electron chi connectivity index (χ2n) is 4.62. The van der Waals surface area contributed by atoms with Crippen molar-refractivity contribution in [2.24, 2.45) is 0 Å². The molecule has 0 fully saturated rings. The summed E-state index contributed by atoms with van der Waals surface area (Å²) >= 11 is 1.47. The average Bonchev–Trinajstić information content (AvgIpc) is 2.74. The molecule has 5 nitrogen and oxygen atoms in total. The highest BCUT2D eigenvalue weighted by Crippen LogP contribution is 2.18. The van der Waals surface area contributed by atoms with Gasteiger partial charge in [0.25, 0.3) is 0 Å². The number of anilines is 1. The number of benzene rings is 1. The standard InChI is InChI=1S/C13H17N3O2S2/c1-10-13(19-9-15-10)7-16(2)20(17,18)8-11-4-3-5-12(14)6-11/h3-6,9H,7-8,14H2,1-2H3. The van der Waals surface area contributed by atoms with Crippen molar-refractivity contribution >= 4 is 27.0 Å². The molecule has 1 heterocycles. The van der Waals surface area contributed by atoms with Crippen molar-refractivity contribution in [2.75, 3.05) is 12.8 Å². The summed E-state index contributed by atoms with van der Waals surface area (Å²) in [4.78, 5) is 5.09.